The number of nitrogens with zero attached hydrogens (tertiary/aromatic N) is 1. The Labute approximate surface area is 120 Å². The fraction of sp³-hybridized carbons (Fsp3) is 0.0909. The van der Waals surface area contributed by atoms with Crippen molar-refractivity contribution in [3.63, 3.8) is 0 Å². The topological polar surface area (TPSA) is 64.4 Å². The van der Waals surface area contributed by atoms with Gasteiger partial charge in [-0.3, -0.25) is 4.79 Å². The van der Waals surface area contributed by atoms with Crippen LogP contribution in [0, 0.1) is 6.92 Å². The van der Waals surface area contributed by atoms with Crippen LogP contribution in [0.3, 0.4) is 0 Å². The van der Waals surface area contributed by atoms with E-state index < -0.39 is 5.91 Å². The highest BCUT2D eigenvalue weighted by molar-refractivity contribution is 9.11. The van der Waals surface area contributed by atoms with Crippen LogP contribution in [0.15, 0.2) is 37.9 Å². The molecule has 1 N–H and O–H groups in total. The molecule has 94 valence electrons. The minimum absolute atomic E-state index is 0.334. The molecule has 7 heteroatoms. The second-order valence-corrected chi connectivity index (χ2v) is 5.17. The highest BCUT2D eigenvalue weighted by atomic mass is 79.9. The van der Waals surface area contributed by atoms with Crippen molar-refractivity contribution in [2.75, 3.05) is 0 Å². The average Bonchev–Trinajstić information content (AvgIpc) is 2.76. The van der Waals surface area contributed by atoms with Crippen LogP contribution in [0.25, 0.3) is 0 Å². The van der Waals surface area contributed by atoms with Gasteiger partial charge in [0, 0.05) is 4.47 Å². The van der Waals surface area contributed by atoms with Gasteiger partial charge in [-0.05, 0) is 41.1 Å². The summed E-state index contributed by atoms with van der Waals surface area (Å²) in [4.78, 5) is 16.9. The summed E-state index contributed by atoms with van der Waals surface area (Å²) in [6.45, 7) is 1.65. The van der Waals surface area contributed by atoms with Crippen molar-refractivity contribution in [3.8, 4) is 5.75 Å². The largest absolute Gasteiger partial charge is 0.378 e. The summed E-state index contributed by atoms with van der Waals surface area (Å²) >= 11 is 6.63. The quantitative estimate of drug-likeness (QED) is 0.836. The molecule has 0 aliphatic rings. The van der Waals surface area contributed by atoms with Gasteiger partial charge < -0.3 is 9.36 Å². The molecule has 1 heterocycles. The van der Waals surface area contributed by atoms with Crippen LogP contribution in [0.5, 0.6) is 5.75 Å². The molecule has 0 bridgehead atoms. The van der Waals surface area contributed by atoms with Gasteiger partial charge in [0.05, 0.1) is 10.7 Å². The smallest absolute Gasteiger partial charge is 0.289 e. The number of carbonyl (C=O) groups excluding carboxylic acids is 1. The van der Waals surface area contributed by atoms with Gasteiger partial charge in [-0.2, -0.15) is 5.48 Å². The van der Waals surface area contributed by atoms with Crippen molar-refractivity contribution < 1.29 is 14.2 Å². The molecule has 0 aliphatic carbocycles. The van der Waals surface area contributed by atoms with Gasteiger partial charge in [-0.1, -0.05) is 21.1 Å². The third-order valence-electron chi connectivity index (χ3n) is 2.14. The zero-order chi connectivity index (χ0) is 13.1. The van der Waals surface area contributed by atoms with Crippen molar-refractivity contribution in [2.24, 2.45) is 0 Å². The van der Waals surface area contributed by atoms with Crippen molar-refractivity contribution in [2.45, 2.75) is 6.92 Å². The van der Waals surface area contributed by atoms with Crippen LogP contribution in [0.1, 0.15) is 16.1 Å². The fourth-order valence-electron chi connectivity index (χ4n) is 1.23. The van der Waals surface area contributed by atoms with Crippen molar-refractivity contribution >= 4 is 37.8 Å². The molecule has 0 spiro atoms. The van der Waals surface area contributed by atoms with E-state index in [1.165, 1.54) is 6.20 Å². The number of hydrogen-bond donors (Lipinski definition) is 1. The highest BCUT2D eigenvalue weighted by Crippen LogP contribution is 2.27. The predicted molar refractivity (Wildman–Crippen MR) is 71.2 cm³/mol. The number of aromatic nitrogens is 1. The van der Waals surface area contributed by atoms with Gasteiger partial charge in [-0.15, -0.1) is 0 Å². The van der Waals surface area contributed by atoms with Crippen LogP contribution in [0.2, 0.25) is 0 Å². The maximum Gasteiger partial charge on any atom is 0.289 e. The fourth-order valence-corrected chi connectivity index (χ4v) is 1.90. The van der Waals surface area contributed by atoms with E-state index >= 15 is 0 Å². The normalized spacial score (nSPS) is 10.2. The highest BCUT2D eigenvalue weighted by Gasteiger charge is 2.13. The molecule has 5 nitrogen and oxygen atoms in total. The standard InChI is InChI=1S/C11H8Br2N2O3/c1-6-8(5-14-17-6)11(16)15-18-10-4-7(12)2-3-9(10)13/h2-5H,1H3,(H,15,16). The third kappa shape index (κ3) is 2.91. The Hall–Kier alpha value is -1.34. The second kappa shape index (κ2) is 5.53. The van der Waals surface area contributed by atoms with Crippen LogP contribution in [-0.2, 0) is 0 Å². The van der Waals surface area contributed by atoms with Crippen LogP contribution in [0.4, 0.5) is 0 Å². The Bertz CT molecular complexity index is 583. The number of benzene rings is 1. The van der Waals surface area contributed by atoms with E-state index in [1.54, 1.807) is 19.1 Å². The molecular formula is C11H8Br2N2O3. The van der Waals surface area contributed by atoms with Gasteiger partial charge >= 0.3 is 0 Å². The van der Waals surface area contributed by atoms with E-state index in [-0.39, 0.29) is 0 Å². The number of aryl methyl sites for hydroxylation is 1. The van der Waals surface area contributed by atoms with E-state index in [4.69, 9.17) is 9.36 Å². The third-order valence-corrected chi connectivity index (χ3v) is 3.29. The van der Waals surface area contributed by atoms with Gasteiger partial charge in [-0.25, -0.2) is 0 Å². The summed E-state index contributed by atoms with van der Waals surface area (Å²) in [5.74, 6) is 0.511. The lowest BCUT2D eigenvalue weighted by molar-refractivity contribution is 0.0756. The Kier molecular flexibility index (Phi) is 4.03. The Balaban J connectivity index is 2.06. The van der Waals surface area contributed by atoms with Crippen LogP contribution >= 0.6 is 31.9 Å². The first-order chi connectivity index (χ1) is 8.58. The van der Waals surface area contributed by atoms with Gasteiger partial charge in [0.2, 0.25) is 0 Å². The molecule has 1 amide bonds. The molecule has 1 aromatic heterocycles. The first-order valence-electron chi connectivity index (χ1n) is 4.91. The monoisotopic (exact) mass is 374 g/mol. The molecule has 18 heavy (non-hydrogen) atoms. The minimum Gasteiger partial charge on any atom is -0.378 e. The first-order valence-corrected chi connectivity index (χ1v) is 6.50. The van der Waals surface area contributed by atoms with E-state index in [0.29, 0.717) is 17.1 Å². The van der Waals surface area contributed by atoms with Gasteiger partial charge in [0.15, 0.2) is 5.75 Å². The summed E-state index contributed by atoms with van der Waals surface area (Å²) in [5, 5.41) is 3.52. The molecule has 0 saturated heterocycles. The summed E-state index contributed by atoms with van der Waals surface area (Å²) in [6.07, 6.45) is 1.34. The SMILES string of the molecule is Cc1oncc1C(=O)NOc1cc(Br)ccc1Br. The predicted octanol–water partition coefficient (Wildman–Crippen LogP) is 3.23. The molecule has 2 aromatic rings. The Morgan fingerprint density at radius 2 is 2.22 bits per heavy atom. The van der Waals surface area contributed by atoms with E-state index in [2.05, 4.69) is 42.5 Å². The van der Waals surface area contributed by atoms with Crippen molar-refractivity contribution in [1.82, 2.24) is 10.6 Å². The average molecular weight is 376 g/mol. The summed E-state index contributed by atoms with van der Waals surface area (Å²) in [6, 6.07) is 5.38. The molecular weight excluding hydrogens is 368 g/mol. The summed E-state index contributed by atoms with van der Waals surface area (Å²) in [5.41, 5.74) is 2.65. The maximum atomic E-state index is 11.7. The Morgan fingerprint density at radius 3 is 2.89 bits per heavy atom. The van der Waals surface area contributed by atoms with E-state index in [0.717, 1.165) is 8.95 Å². The lowest BCUT2D eigenvalue weighted by atomic mass is 10.3. The zero-order valence-electron chi connectivity index (χ0n) is 9.24. The molecule has 0 saturated carbocycles. The van der Waals surface area contributed by atoms with Crippen molar-refractivity contribution in [1.29, 1.82) is 0 Å². The van der Waals surface area contributed by atoms with Crippen molar-refractivity contribution in [3.05, 3.63) is 44.7 Å². The molecule has 2 rings (SSSR count). The zero-order valence-corrected chi connectivity index (χ0v) is 12.4. The summed E-state index contributed by atoms with van der Waals surface area (Å²) < 4.78 is 6.37. The number of hydrogen-bond acceptors (Lipinski definition) is 4. The van der Waals surface area contributed by atoms with E-state index in [1.807, 2.05) is 6.07 Å². The van der Waals surface area contributed by atoms with Gasteiger partial charge in [0.25, 0.3) is 5.91 Å². The van der Waals surface area contributed by atoms with Gasteiger partial charge in [0.1, 0.15) is 11.3 Å². The number of carbonyl (C=O) groups is 1. The van der Waals surface area contributed by atoms with E-state index in [9.17, 15) is 4.79 Å². The first kappa shape index (κ1) is 13.1. The Morgan fingerprint density at radius 1 is 1.44 bits per heavy atom. The van der Waals surface area contributed by atoms with Crippen LogP contribution < -0.4 is 10.3 Å². The number of rotatable bonds is 3. The maximum absolute atomic E-state index is 11.7. The summed E-state index contributed by atoms with van der Waals surface area (Å²) in [7, 11) is 0. The lowest BCUT2D eigenvalue weighted by Crippen LogP contribution is -2.27. The number of hydroxylamine groups is 1. The number of nitrogens with one attached hydrogen (secondary N) is 1. The number of amides is 1. The minimum atomic E-state index is -0.416. The molecule has 0 atom stereocenters. The second-order valence-electron chi connectivity index (χ2n) is 3.40. The molecule has 0 aliphatic heterocycles. The molecule has 0 radical (unpaired) electrons. The molecule has 0 fully saturated rings. The molecule has 0 unspecified atom stereocenters. The lowest BCUT2D eigenvalue weighted by Gasteiger charge is -2.08. The number of halogens is 2. The molecule has 1 aromatic carbocycles. The van der Waals surface area contributed by atoms with Crippen LogP contribution in [-0.4, -0.2) is 11.1 Å².